The van der Waals surface area contributed by atoms with Crippen LogP contribution in [0.1, 0.15) is 11.3 Å². The quantitative estimate of drug-likeness (QED) is 0.737. The minimum absolute atomic E-state index is 0.764. The van der Waals surface area contributed by atoms with Crippen molar-refractivity contribution in [2.45, 2.75) is 12.8 Å². The van der Waals surface area contributed by atoms with Gasteiger partial charge in [0.25, 0.3) is 0 Å². The molecule has 0 radical (unpaired) electrons. The van der Waals surface area contributed by atoms with Crippen LogP contribution in [0.4, 0.5) is 0 Å². The van der Waals surface area contributed by atoms with Crippen molar-refractivity contribution < 1.29 is 4.74 Å². The van der Waals surface area contributed by atoms with Gasteiger partial charge in [0.15, 0.2) is 0 Å². The summed E-state index contributed by atoms with van der Waals surface area (Å²) in [6.45, 7) is 0.764. The lowest BCUT2D eigenvalue weighted by Gasteiger charge is -2.06. The molecule has 1 heterocycles. The fourth-order valence-corrected chi connectivity index (χ4v) is 2.60. The molecule has 0 spiro atoms. The van der Waals surface area contributed by atoms with E-state index in [4.69, 9.17) is 4.74 Å². The lowest BCUT2D eigenvalue weighted by molar-refractivity contribution is 0.309. The third-order valence-electron chi connectivity index (χ3n) is 2.24. The summed E-state index contributed by atoms with van der Waals surface area (Å²) in [5, 5.41) is 2.12. The zero-order chi connectivity index (χ0) is 11.2. The van der Waals surface area contributed by atoms with Crippen LogP contribution in [0.25, 0.3) is 0 Å². The van der Waals surface area contributed by atoms with E-state index in [1.807, 2.05) is 35.6 Å². The van der Waals surface area contributed by atoms with Crippen LogP contribution in [0.2, 0.25) is 0 Å². The number of benzene rings is 1. The molecule has 2 aromatic rings. The summed E-state index contributed by atoms with van der Waals surface area (Å²) in [6.07, 6.45) is 2.16. The third kappa shape index (κ3) is 3.35. The summed E-state index contributed by atoms with van der Waals surface area (Å²) in [4.78, 5) is 1.43. The lowest BCUT2D eigenvalue weighted by Crippen LogP contribution is -1.99. The van der Waals surface area contributed by atoms with Crippen molar-refractivity contribution in [3.63, 3.8) is 0 Å². The number of aryl methyl sites for hydroxylation is 1. The largest absolute Gasteiger partial charge is 0.492 e. The Morgan fingerprint density at radius 3 is 2.75 bits per heavy atom. The Balaban J connectivity index is 1.74. The van der Waals surface area contributed by atoms with Crippen LogP contribution >= 0.6 is 27.3 Å². The number of halogens is 1. The van der Waals surface area contributed by atoms with Gasteiger partial charge in [-0.25, -0.2) is 0 Å². The second-order valence-corrected chi connectivity index (χ2v) is 5.35. The summed E-state index contributed by atoms with van der Waals surface area (Å²) in [6, 6.07) is 12.2. The fourth-order valence-electron chi connectivity index (χ4n) is 1.45. The predicted molar refractivity (Wildman–Crippen MR) is 72.3 cm³/mol. The number of hydrogen-bond donors (Lipinski definition) is 0. The number of thiophene rings is 1. The lowest BCUT2D eigenvalue weighted by atomic mass is 10.3. The first-order valence-corrected chi connectivity index (χ1v) is 6.93. The van der Waals surface area contributed by atoms with Crippen LogP contribution in [-0.2, 0) is 6.42 Å². The van der Waals surface area contributed by atoms with Gasteiger partial charge in [-0.2, -0.15) is 0 Å². The summed E-state index contributed by atoms with van der Waals surface area (Å²) in [5.41, 5.74) is 0. The average Bonchev–Trinajstić information content (AvgIpc) is 2.79. The Hall–Kier alpha value is -0.800. The molecule has 0 bridgehead atoms. The molecule has 0 aliphatic heterocycles. The summed E-state index contributed by atoms with van der Waals surface area (Å²) in [7, 11) is 0. The van der Waals surface area contributed by atoms with E-state index in [0.717, 1.165) is 29.7 Å². The molecule has 0 aliphatic carbocycles. The monoisotopic (exact) mass is 296 g/mol. The van der Waals surface area contributed by atoms with E-state index < -0.39 is 0 Å². The van der Waals surface area contributed by atoms with Gasteiger partial charge in [-0.05, 0) is 52.4 Å². The summed E-state index contributed by atoms with van der Waals surface area (Å²) in [5.74, 6) is 0.925. The maximum Gasteiger partial charge on any atom is 0.133 e. The molecule has 2 rings (SSSR count). The minimum atomic E-state index is 0.764. The van der Waals surface area contributed by atoms with Crippen molar-refractivity contribution in [1.82, 2.24) is 0 Å². The first-order valence-electron chi connectivity index (χ1n) is 5.26. The van der Waals surface area contributed by atoms with E-state index in [0.29, 0.717) is 0 Å². The molecule has 0 unspecified atom stereocenters. The third-order valence-corrected chi connectivity index (χ3v) is 3.83. The molecule has 0 N–H and O–H groups in total. The van der Waals surface area contributed by atoms with Gasteiger partial charge in [0.2, 0.25) is 0 Å². The molecule has 16 heavy (non-hydrogen) atoms. The normalized spacial score (nSPS) is 10.3. The van der Waals surface area contributed by atoms with Crippen LogP contribution in [0.15, 0.2) is 46.3 Å². The van der Waals surface area contributed by atoms with E-state index >= 15 is 0 Å². The van der Waals surface area contributed by atoms with Gasteiger partial charge in [-0.3, -0.25) is 0 Å². The van der Waals surface area contributed by atoms with Crippen LogP contribution in [0.5, 0.6) is 5.75 Å². The summed E-state index contributed by atoms with van der Waals surface area (Å²) >= 11 is 5.27. The van der Waals surface area contributed by atoms with Gasteiger partial charge in [0.1, 0.15) is 5.75 Å². The first-order chi connectivity index (χ1) is 7.86. The van der Waals surface area contributed by atoms with Gasteiger partial charge < -0.3 is 4.74 Å². The van der Waals surface area contributed by atoms with Crippen molar-refractivity contribution >= 4 is 27.3 Å². The van der Waals surface area contributed by atoms with Gasteiger partial charge in [-0.15, -0.1) is 11.3 Å². The minimum Gasteiger partial charge on any atom is -0.492 e. The van der Waals surface area contributed by atoms with E-state index in [1.165, 1.54) is 4.88 Å². The highest BCUT2D eigenvalue weighted by Gasteiger charge is 1.99. The fraction of sp³-hybridized carbons (Fsp3) is 0.231. The molecular formula is C13H13BrOS. The molecule has 1 aromatic heterocycles. The second-order valence-electron chi connectivity index (χ2n) is 3.46. The highest BCUT2D eigenvalue weighted by Crippen LogP contribution is 2.24. The van der Waals surface area contributed by atoms with Crippen molar-refractivity contribution in [3.05, 3.63) is 51.1 Å². The maximum absolute atomic E-state index is 5.69. The molecule has 84 valence electrons. The van der Waals surface area contributed by atoms with Gasteiger partial charge in [0, 0.05) is 4.88 Å². The van der Waals surface area contributed by atoms with Crippen molar-refractivity contribution in [2.24, 2.45) is 0 Å². The Morgan fingerprint density at radius 2 is 2.00 bits per heavy atom. The van der Waals surface area contributed by atoms with Crippen molar-refractivity contribution in [1.29, 1.82) is 0 Å². The summed E-state index contributed by atoms with van der Waals surface area (Å²) < 4.78 is 6.71. The first kappa shape index (κ1) is 11.7. The molecular weight excluding hydrogens is 284 g/mol. The molecule has 3 heteroatoms. The van der Waals surface area contributed by atoms with E-state index in [2.05, 4.69) is 33.4 Å². The molecule has 0 atom stereocenters. The van der Waals surface area contributed by atoms with Gasteiger partial charge in [-0.1, -0.05) is 18.2 Å². The van der Waals surface area contributed by atoms with E-state index in [-0.39, 0.29) is 0 Å². The molecule has 0 saturated heterocycles. The smallest absolute Gasteiger partial charge is 0.133 e. The average molecular weight is 297 g/mol. The van der Waals surface area contributed by atoms with Crippen LogP contribution < -0.4 is 4.74 Å². The number of ether oxygens (including phenoxy) is 1. The van der Waals surface area contributed by atoms with E-state index in [9.17, 15) is 0 Å². The molecule has 1 nitrogen and oxygen atoms in total. The maximum atomic E-state index is 5.69. The predicted octanol–water partition coefficient (Wildman–Crippen LogP) is 4.52. The second kappa shape index (κ2) is 6.06. The van der Waals surface area contributed by atoms with Gasteiger partial charge in [0.05, 0.1) is 11.1 Å². The van der Waals surface area contributed by atoms with Crippen LogP contribution in [0.3, 0.4) is 0 Å². The highest BCUT2D eigenvalue weighted by molar-refractivity contribution is 9.10. The Bertz CT molecular complexity index is 425. The Kier molecular flexibility index (Phi) is 4.43. The Morgan fingerprint density at radius 1 is 1.12 bits per heavy atom. The van der Waals surface area contributed by atoms with E-state index in [1.54, 1.807) is 0 Å². The van der Waals surface area contributed by atoms with Crippen LogP contribution in [-0.4, -0.2) is 6.61 Å². The number of hydrogen-bond acceptors (Lipinski definition) is 2. The zero-order valence-corrected chi connectivity index (χ0v) is 11.3. The molecule has 0 saturated carbocycles. The molecule has 0 aliphatic rings. The zero-order valence-electron chi connectivity index (χ0n) is 8.86. The standard InChI is InChI=1S/C13H13BrOS/c14-12-7-1-2-8-13(12)15-9-3-5-11-6-4-10-16-11/h1-2,4,6-8,10H,3,5,9H2. The number of para-hydroxylation sites is 1. The Labute approximate surface area is 108 Å². The molecule has 0 fully saturated rings. The topological polar surface area (TPSA) is 9.23 Å². The number of rotatable bonds is 5. The molecule has 0 amide bonds. The van der Waals surface area contributed by atoms with Gasteiger partial charge >= 0.3 is 0 Å². The SMILES string of the molecule is Brc1ccccc1OCCCc1cccs1. The van der Waals surface area contributed by atoms with Crippen LogP contribution in [0, 0.1) is 0 Å². The highest BCUT2D eigenvalue weighted by atomic mass is 79.9. The van der Waals surface area contributed by atoms with Crippen molar-refractivity contribution in [2.75, 3.05) is 6.61 Å². The van der Waals surface area contributed by atoms with Crippen molar-refractivity contribution in [3.8, 4) is 5.75 Å². The molecule has 1 aromatic carbocycles.